The van der Waals surface area contributed by atoms with Crippen LogP contribution in [-0.2, 0) is 10.0 Å². The first-order valence-electron chi connectivity index (χ1n) is 5.41. The molecule has 18 heavy (non-hydrogen) atoms. The van der Waals surface area contributed by atoms with Gasteiger partial charge in [-0.1, -0.05) is 18.5 Å². The molecule has 0 aliphatic heterocycles. The third-order valence-electron chi connectivity index (χ3n) is 2.19. The molecular weight excluding hydrogens is 274 g/mol. The van der Waals surface area contributed by atoms with Crippen LogP contribution in [0.25, 0.3) is 0 Å². The summed E-state index contributed by atoms with van der Waals surface area (Å²) >= 11 is 5.85. The molecular formula is C11H14ClN3O2S. The van der Waals surface area contributed by atoms with Gasteiger partial charge < -0.3 is 5.32 Å². The van der Waals surface area contributed by atoms with Gasteiger partial charge in [0.1, 0.15) is 4.90 Å². The number of sulfonamides is 1. The van der Waals surface area contributed by atoms with E-state index in [-0.39, 0.29) is 16.5 Å². The highest BCUT2D eigenvalue weighted by Gasteiger charge is 2.17. The van der Waals surface area contributed by atoms with Crippen molar-refractivity contribution in [2.75, 3.05) is 19.6 Å². The van der Waals surface area contributed by atoms with E-state index in [0.29, 0.717) is 12.1 Å². The van der Waals surface area contributed by atoms with Gasteiger partial charge >= 0.3 is 0 Å². The predicted octanol–water partition coefficient (Wildman–Crippen LogP) is 1.10. The van der Waals surface area contributed by atoms with E-state index in [1.54, 1.807) is 0 Å². The first-order valence-corrected chi connectivity index (χ1v) is 7.27. The maximum atomic E-state index is 11.9. The normalized spacial score (nSPS) is 11.2. The predicted molar refractivity (Wildman–Crippen MR) is 69.9 cm³/mol. The standard InChI is InChI=1S/C11H14ClN3O2S/c1-2-14-5-6-15-18(16,17)11-4-3-9(8-13)7-10(11)12/h3-4,7,14-15H,2,5-6H2,1H3. The number of hydrogen-bond donors (Lipinski definition) is 2. The number of likely N-dealkylation sites (N-methyl/N-ethyl adjacent to an activating group) is 1. The van der Waals surface area contributed by atoms with Crippen LogP contribution in [0.2, 0.25) is 5.02 Å². The largest absolute Gasteiger partial charge is 0.316 e. The molecule has 5 nitrogen and oxygen atoms in total. The Labute approximate surface area is 112 Å². The number of rotatable bonds is 6. The molecule has 1 aromatic carbocycles. The summed E-state index contributed by atoms with van der Waals surface area (Å²) in [4.78, 5) is -0.0142. The number of hydrogen-bond acceptors (Lipinski definition) is 4. The summed E-state index contributed by atoms with van der Waals surface area (Å²) in [7, 11) is -3.63. The molecule has 0 heterocycles. The molecule has 1 rings (SSSR count). The maximum Gasteiger partial charge on any atom is 0.242 e. The first-order chi connectivity index (χ1) is 8.51. The minimum atomic E-state index is -3.63. The summed E-state index contributed by atoms with van der Waals surface area (Å²) in [5, 5.41) is 11.7. The van der Waals surface area contributed by atoms with Crippen molar-refractivity contribution in [1.82, 2.24) is 10.0 Å². The minimum Gasteiger partial charge on any atom is -0.316 e. The van der Waals surface area contributed by atoms with E-state index in [2.05, 4.69) is 10.0 Å². The van der Waals surface area contributed by atoms with Crippen LogP contribution in [0.15, 0.2) is 23.1 Å². The van der Waals surface area contributed by atoms with Gasteiger partial charge in [0.05, 0.1) is 16.7 Å². The summed E-state index contributed by atoms with van der Waals surface area (Å²) in [6.45, 7) is 3.54. The van der Waals surface area contributed by atoms with E-state index >= 15 is 0 Å². The Kier molecular flexibility index (Phi) is 5.56. The second kappa shape index (κ2) is 6.71. The highest BCUT2D eigenvalue weighted by atomic mass is 35.5. The number of benzene rings is 1. The average Bonchev–Trinajstić information content (AvgIpc) is 2.34. The molecule has 0 atom stereocenters. The van der Waals surface area contributed by atoms with Gasteiger partial charge in [0.25, 0.3) is 0 Å². The Balaban J connectivity index is 2.82. The van der Waals surface area contributed by atoms with Gasteiger partial charge in [0.2, 0.25) is 10.0 Å². The molecule has 0 aromatic heterocycles. The fourth-order valence-corrected chi connectivity index (χ4v) is 2.89. The highest BCUT2D eigenvalue weighted by Crippen LogP contribution is 2.22. The van der Waals surface area contributed by atoms with Crippen LogP contribution in [-0.4, -0.2) is 28.1 Å². The number of nitriles is 1. The zero-order valence-electron chi connectivity index (χ0n) is 9.90. The lowest BCUT2D eigenvalue weighted by molar-refractivity contribution is 0.577. The lowest BCUT2D eigenvalue weighted by Gasteiger charge is -2.08. The molecule has 0 bridgehead atoms. The summed E-state index contributed by atoms with van der Waals surface area (Å²) in [5.74, 6) is 0. The average molecular weight is 288 g/mol. The SMILES string of the molecule is CCNCCNS(=O)(=O)c1ccc(C#N)cc1Cl. The second-order valence-electron chi connectivity index (χ2n) is 3.51. The van der Waals surface area contributed by atoms with Crippen molar-refractivity contribution in [2.45, 2.75) is 11.8 Å². The summed E-state index contributed by atoms with van der Waals surface area (Å²) < 4.78 is 26.2. The molecule has 0 saturated carbocycles. The van der Waals surface area contributed by atoms with Crippen LogP contribution in [0.5, 0.6) is 0 Å². The maximum absolute atomic E-state index is 11.9. The van der Waals surface area contributed by atoms with Crippen LogP contribution in [0.1, 0.15) is 12.5 Å². The molecule has 0 fully saturated rings. The van der Waals surface area contributed by atoms with Gasteiger partial charge in [-0.05, 0) is 24.7 Å². The lowest BCUT2D eigenvalue weighted by atomic mass is 10.2. The molecule has 2 N–H and O–H groups in total. The highest BCUT2D eigenvalue weighted by molar-refractivity contribution is 7.89. The zero-order chi connectivity index (χ0) is 13.6. The summed E-state index contributed by atoms with van der Waals surface area (Å²) in [6, 6.07) is 5.98. The van der Waals surface area contributed by atoms with Gasteiger partial charge in [-0.25, -0.2) is 13.1 Å². The van der Waals surface area contributed by atoms with E-state index in [1.165, 1.54) is 18.2 Å². The van der Waals surface area contributed by atoms with E-state index in [0.717, 1.165) is 6.54 Å². The van der Waals surface area contributed by atoms with Gasteiger partial charge in [-0.3, -0.25) is 0 Å². The van der Waals surface area contributed by atoms with Crippen molar-refractivity contribution in [3.8, 4) is 6.07 Å². The van der Waals surface area contributed by atoms with Gasteiger partial charge in [-0.2, -0.15) is 5.26 Å². The fraction of sp³-hybridized carbons (Fsp3) is 0.364. The van der Waals surface area contributed by atoms with Crippen LogP contribution < -0.4 is 10.0 Å². The minimum absolute atomic E-state index is 0.0142. The molecule has 0 saturated heterocycles. The Morgan fingerprint density at radius 2 is 2.11 bits per heavy atom. The monoisotopic (exact) mass is 287 g/mol. The number of nitrogens with one attached hydrogen (secondary N) is 2. The summed E-state index contributed by atoms with van der Waals surface area (Å²) in [5.41, 5.74) is 0.326. The Hall–Kier alpha value is -1.13. The van der Waals surface area contributed by atoms with Crippen molar-refractivity contribution < 1.29 is 8.42 Å². The van der Waals surface area contributed by atoms with E-state index in [9.17, 15) is 8.42 Å². The molecule has 0 amide bonds. The third kappa shape index (κ3) is 3.96. The molecule has 0 aliphatic rings. The van der Waals surface area contributed by atoms with Gasteiger partial charge in [0, 0.05) is 13.1 Å². The van der Waals surface area contributed by atoms with Crippen molar-refractivity contribution in [1.29, 1.82) is 5.26 Å². The van der Waals surface area contributed by atoms with E-state index < -0.39 is 10.0 Å². The zero-order valence-corrected chi connectivity index (χ0v) is 11.5. The second-order valence-corrected chi connectivity index (χ2v) is 5.65. The van der Waals surface area contributed by atoms with Crippen LogP contribution in [0.4, 0.5) is 0 Å². The molecule has 98 valence electrons. The fourth-order valence-electron chi connectivity index (χ4n) is 1.32. The smallest absolute Gasteiger partial charge is 0.242 e. The Bertz CT molecular complexity index is 552. The van der Waals surface area contributed by atoms with Crippen LogP contribution in [0, 0.1) is 11.3 Å². The first kappa shape index (κ1) is 14.9. The third-order valence-corrected chi connectivity index (χ3v) is 4.14. The number of nitrogens with zero attached hydrogens (tertiary/aromatic N) is 1. The van der Waals surface area contributed by atoms with Crippen LogP contribution in [0.3, 0.4) is 0 Å². The number of halogens is 1. The molecule has 0 aliphatic carbocycles. The molecule has 0 spiro atoms. The Morgan fingerprint density at radius 1 is 1.39 bits per heavy atom. The van der Waals surface area contributed by atoms with Crippen molar-refractivity contribution in [3.05, 3.63) is 28.8 Å². The van der Waals surface area contributed by atoms with Crippen molar-refractivity contribution in [2.24, 2.45) is 0 Å². The van der Waals surface area contributed by atoms with E-state index in [1.807, 2.05) is 13.0 Å². The quantitative estimate of drug-likeness (QED) is 0.768. The van der Waals surface area contributed by atoms with Gasteiger partial charge in [0.15, 0.2) is 0 Å². The topological polar surface area (TPSA) is 82.0 Å². The van der Waals surface area contributed by atoms with Crippen molar-refractivity contribution >= 4 is 21.6 Å². The van der Waals surface area contributed by atoms with E-state index in [4.69, 9.17) is 16.9 Å². The molecule has 0 radical (unpaired) electrons. The Morgan fingerprint density at radius 3 is 2.67 bits per heavy atom. The molecule has 0 unspecified atom stereocenters. The molecule has 1 aromatic rings. The lowest BCUT2D eigenvalue weighted by Crippen LogP contribution is -2.31. The van der Waals surface area contributed by atoms with Gasteiger partial charge in [-0.15, -0.1) is 0 Å². The molecule has 7 heteroatoms. The summed E-state index contributed by atoms with van der Waals surface area (Å²) in [6.07, 6.45) is 0. The van der Waals surface area contributed by atoms with Crippen LogP contribution >= 0.6 is 11.6 Å². The van der Waals surface area contributed by atoms with Crippen molar-refractivity contribution in [3.63, 3.8) is 0 Å².